The molecule has 0 heterocycles. The number of hydrogen-bond donors (Lipinski definition) is 1. The molecule has 0 saturated heterocycles. The van der Waals surface area contributed by atoms with Crippen molar-refractivity contribution in [1.29, 1.82) is 0 Å². The SMILES string of the molecule is CCNCc1cc(F)cc(Oc2ccccc2CC)c1. The molecule has 0 atom stereocenters. The van der Waals surface area contributed by atoms with Gasteiger partial charge in [0.2, 0.25) is 0 Å². The van der Waals surface area contributed by atoms with E-state index < -0.39 is 0 Å². The number of aryl methyl sites for hydroxylation is 1. The summed E-state index contributed by atoms with van der Waals surface area (Å²) in [6.07, 6.45) is 0.885. The van der Waals surface area contributed by atoms with Crippen LogP contribution in [-0.4, -0.2) is 6.54 Å². The number of para-hydroxylation sites is 1. The minimum absolute atomic E-state index is 0.274. The van der Waals surface area contributed by atoms with Crippen molar-refractivity contribution in [1.82, 2.24) is 5.32 Å². The van der Waals surface area contributed by atoms with Gasteiger partial charge >= 0.3 is 0 Å². The van der Waals surface area contributed by atoms with E-state index in [1.54, 1.807) is 0 Å². The summed E-state index contributed by atoms with van der Waals surface area (Å²) in [7, 11) is 0. The zero-order valence-electron chi connectivity index (χ0n) is 11.9. The van der Waals surface area contributed by atoms with Crippen LogP contribution in [0.25, 0.3) is 0 Å². The van der Waals surface area contributed by atoms with Gasteiger partial charge in [0.05, 0.1) is 0 Å². The van der Waals surface area contributed by atoms with Gasteiger partial charge in [0.15, 0.2) is 0 Å². The summed E-state index contributed by atoms with van der Waals surface area (Å²) in [4.78, 5) is 0. The van der Waals surface area contributed by atoms with Crippen molar-refractivity contribution < 1.29 is 9.13 Å². The zero-order chi connectivity index (χ0) is 14.4. The van der Waals surface area contributed by atoms with E-state index in [1.165, 1.54) is 12.1 Å². The lowest BCUT2D eigenvalue weighted by atomic mass is 10.1. The van der Waals surface area contributed by atoms with Crippen molar-refractivity contribution >= 4 is 0 Å². The number of ether oxygens (including phenoxy) is 1. The first kappa shape index (κ1) is 14.5. The lowest BCUT2D eigenvalue weighted by Crippen LogP contribution is -2.11. The van der Waals surface area contributed by atoms with Gasteiger partial charge in [-0.2, -0.15) is 0 Å². The first-order valence-electron chi connectivity index (χ1n) is 6.99. The second kappa shape index (κ2) is 7.06. The maximum atomic E-state index is 13.6. The Balaban J connectivity index is 2.22. The van der Waals surface area contributed by atoms with Crippen molar-refractivity contribution in [3.8, 4) is 11.5 Å². The molecular formula is C17H20FNO. The van der Waals surface area contributed by atoms with Gasteiger partial charge in [-0.3, -0.25) is 0 Å². The largest absolute Gasteiger partial charge is 0.457 e. The first-order chi connectivity index (χ1) is 9.72. The summed E-state index contributed by atoms with van der Waals surface area (Å²) in [5.74, 6) is 1.05. The summed E-state index contributed by atoms with van der Waals surface area (Å²) in [5.41, 5.74) is 2.00. The molecule has 0 radical (unpaired) electrons. The third-order valence-electron chi connectivity index (χ3n) is 3.09. The predicted molar refractivity (Wildman–Crippen MR) is 79.7 cm³/mol. The topological polar surface area (TPSA) is 21.3 Å². The number of halogens is 1. The first-order valence-corrected chi connectivity index (χ1v) is 6.99. The van der Waals surface area contributed by atoms with Crippen LogP contribution in [0.3, 0.4) is 0 Å². The van der Waals surface area contributed by atoms with E-state index in [0.717, 1.165) is 29.8 Å². The molecule has 1 N–H and O–H groups in total. The van der Waals surface area contributed by atoms with Gasteiger partial charge in [-0.05, 0) is 42.3 Å². The van der Waals surface area contributed by atoms with Crippen LogP contribution < -0.4 is 10.1 Å². The molecule has 0 unspecified atom stereocenters. The Morgan fingerprint density at radius 1 is 1.10 bits per heavy atom. The number of hydrogen-bond acceptors (Lipinski definition) is 2. The summed E-state index contributed by atoms with van der Waals surface area (Å²) in [5, 5.41) is 3.18. The average molecular weight is 273 g/mol. The highest BCUT2D eigenvalue weighted by molar-refractivity contribution is 5.39. The minimum atomic E-state index is -0.274. The molecule has 20 heavy (non-hydrogen) atoms. The summed E-state index contributed by atoms with van der Waals surface area (Å²) in [6, 6.07) is 12.7. The predicted octanol–water partition coefficient (Wildman–Crippen LogP) is 4.29. The number of rotatable bonds is 6. The molecule has 0 aliphatic carbocycles. The van der Waals surface area contributed by atoms with Gasteiger partial charge in [-0.1, -0.05) is 32.0 Å². The van der Waals surface area contributed by atoms with Crippen LogP contribution in [0.15, 0.2) is 42.5 Å². The van der Waals surface area contributed by atoms with E-state index in [1.807, 2.05) is 37.3 Å². The molecule has 2 aromatic rings. The number of nitrogens with one attached hydrogen (secondary N) is 1. The van der Waals surface area contributed by atoms with Crippen LogP contribution in [0.5, 0.6) is 11.5 Å². The average Bonchev–Trinajstić information content (AvgIpc) is 2.45. The molecule has 0 fully saturated rings. The molecule has 106 valence electrons. The van der Waals surface area contributed by atoms with Crippen LogP contribution in [0.2, 0.25) is 0 Å². The third-order valence-corrected chi connectivity index (χ3v) is 3.09. The molecule has 0 saturated carbocycles. The molecule has 2 aromatic carbocycles. The quantitative estimate of drug-likeness (QED) is 0.847. The van der Waals surface area contributed by atoms with Gasteiger partial charge in [-0.15, -0.1) is 0 Å². The molecule has 0 aromatic heterocycles. The summed E-state index contributed by atoms with van der Waals surface area (Å²) in [6.45, 7) is 5.59. The van der Waals surface area contributed by atoms with Crippen LogP contribution >= 0.6 is 0 Å². The normalized spacial score (nSPS) is 10.6. The van der Waals surface area contributed by atoms with Crippen molar-refractivity contribution in [2.24, 2.45) is 0 Å². The van der Waals surface area contributed by atoms with Gasteiger partial charge in [0, 0.05) is 12.6 Å². The molecule has 0 aliphatic rings. The Kier molecular flexibility index (Phi) is 5.13. The molecule has 2 rings (SSSR count). The second-order valence-electron chi connectivity index (χ2n) is 4.64. The van der Waals surface area contributed by atoms with E-state index in [0.29, 0.717) is 12.3 Å². The minimum Gasteiger partial charge on any atom is -0.457 e. The summed E-state index contributed by atoms with van der Waals surface area (Å²) < 4.78 is 19.5. The highest BCUT2D eigenvalue weighted by Gasteiger charge is 2.06. The lowest BCUT2D eigenvalue weighted by Gasteiger charge is -2.11. The Hall–Kier alpha value is -1.87. The van der Waals surface area contributed by atoms with E-state index in [9.17, 15) is 4.39 Å². The van der Waals surface area contributed by atoms with E-state index in [4.69, 9.17) is 4.74 Å². The lowest BCUT2D eigenvalue weighted by molar-refractivity contribution is 0.470. The Bertz CT molecular complexity index is 569. The molecule has 0 aliphatic heterocycles. The van der Waals surface area contributed by atoms with Crippen LogP contribution in [0.4, 0.5) is 4.39 Å². The highest BCUT2D eigenvalue weighted by atomic mass is 19.1. The second-order valence-corrected chi connectivity index (χ2v) is 4.64. The van der Waals surface area contributed by atoms with Gasteiger partial charge < -0.3 is 10.1 Å². The molecular weight excluding hydrogens is 253 g/mol. The monoisotopic (exact) mass is 273 g/mol. The van der Waals surface area contributed by atoms with E-state index in [-0.39, 0.29) is 5.82 Å². The van der Waals surface area contributed by atoms with Crippen molar-refractivity contribution in [2.45, 2.75) is 26.8 Å². The maximum absolute atomic E-state index is 13.6. The van der Waals surface area contributed by atoms with Crippen molar-refractivity contribution in [3.05, 3.63) is 59.4 Å². The Labute approximate surface area is 119 Å². The van der Waals surface area contributed by atoms with Crippen LogP contribution in [-0.2, 0) is 13.0 Å². The van der Waals surface area contributed by atoms with Gasteiger partial charge in [0.25, 0.3) is 0 Å². The van der Waals surface area contributed by atoms with Crippen molar-refractivity contribution in [2.75, 3.05) is 6.54 Å². The molecule has 3 heteroatoms. The highest BCUT2D eigenvalue weighted by Crippen LogP contribution is 2.27. The van der Waals surface area contributed by atoms with Crippen LogP contribution in [0, 0.1) is 5.82 Å². The third kappa shape index (κ3) is 3.81. The molecule has 2 nitrogen and oxygen atoms in total. The fraction of sp³-hybridized carbons (Fsp3) is 0.294. The molecule has 0 spiro atoms. The van der Waals surface area contributed by atoms with Gasteiger partial charge in [0.1, 0.15) is 17.3 Å². The zero-order valence-corrected chi connectivity index (χ0v) is 11.9. The molecule has 0 bridgehead atoms. The van der Waals surface area contributed by atoms with E-state index in [2.05, 4.69) is 12.2 Å². The van der Waals surface area contributed by atoms with Crippen LogP contribution in [0.1, 0.15) is 25.0 Å². The maximum Gasteiger partial charge on any atom is 0.130 e. The Morgan fingerprint density at radius 2 is 1.90 bits per heavy atom. The fourth-order valence-electron chi connectivity index (χ4n) is 2.07. The fourth-order valence-corrected chi connectivity index (χ4v) is 2.07. The smallest absolute Gasteiger partial charge is 0.130 e. The number of benzene rings is 2. The van der Waals surface area contributed by atoms with Gasteiger partial charge in [-0.25, -0.2) is 4.39 Å². The van der Waals surface area contributed by atoms with E-state index >= 15 is 0 Å². The standard InChI is InChI=1S/C17H20FNO/c1-3-14-7-5-6-8-17(14)20-16-10-13(12-19-4-2)9-15(18)11-16/h5-11,19H,3-4,12H2,1-2H3. The van der Waals surface area contributed by atoms with Crippen molar-refractivity contribution in [3.63, 3.8) is 0 Å². The summed E-state index contributed by atoms with van der Waals surface area (Å²) >= 11 is 0. The Morgan fingerprint density at radius 3 is 2.65 bits per heavy atom. The molecule has 0 amide bonds.